The molecule has 4 rings (SSSR count). The monoisotopic (exact) mass is 367 g/mol. The highest BCUT2D eigenvalue weighted by Crippen LogP contribution is 2.36. The van der Waals surface area contributed by atoms with Gasteiger partial charge in [0, 0.05) is 51.5 Å². The summed E-state index contributed by atoms with van der Waals surface area (Å²) >= 11 is 0. The molecule has 5 heteroatoms. The highest BCUT2D eigenvalue weighted by molar-refractivity contribution is 5.77. The molecule has 1 atom stereocenters. The van der Waals surface area contributed by atoms with Crippen LogP contribution in [0.3, 0.4) is 0 Å². The van der Waals surface area contributed by atoms with Gasteiger partial charge in [0.2, 0.25) is 5.91 Å². The second-order valence-electron chi connectivity index (χ2n) is 7.77. The van der Waals surface area contributed by atoms with E-state index in [1.54, 1.807) is 7.11 Å². The molecule has 0 N–H and O–H groups in total. The molecular formula is C22H29N3O2. The molecule has 2 heterocycles. The molecule has 2 aromatic rings. The number of aryl methyl sites for hydroxylation is 1. The van der Waals surface area contributed by atoms with Gasteiger partial charge in [-0.05, 0) is 42.7 Å². The fraction of sp³-hybridized carbons (Fsp3) is 0.545. The third kappa shape index (κ3) is 3.93. The number of rotatable bonds is 6. The number of carbonyl (C=O) groups is 1. The van der Waals surface area contributed by atoms with Gasteiger partial charge in [-0.1, -0.05) is 24.3 Å². The van der Waals surface area contributed by atoms with Crippen LogP contribution in [-0.2, 0) is 22.5 Å². The van der Waals surface area contributed by atoms with Gasteiger partial charge in [-0.3, -0.25) is 4.79 Å². The molecule has 0 radical (unpaired) electrons. The topological polar surface area (TPSA) is 47.4 Å². The van der Waals surface area contributed by atoms with E-state index in [0.29, 0.717) is 30.8 Å². The summed E-state index contributed by atoms with van der Waals surface area (Å²) in [5.41, 5.74) is 2.82. The van der Waals surface area contributed by atoms with E-state index < -0.39 is 0 Å². The number of piperidine rings is 1. The molecule has 1 aromatic carbocycles. The zero-order valence-corrected chi connectivity index (χ0v) is 16.1. The summed E-state index contributed by atoms with van der Waals surface area (Å²) in [7, 11) is 1.73. The van der Waals surface area contributed by atoms with Gasteiger partial charge >= 0.3 is 0 Å². The van der Waals surface area contributed by atoms with E-state index in [1.165, 1.54) is 11.1 Å². The Morgan fingerprint density at radius 2 is 2.04 bits per heavy atom. The predicted octanol–water partition coefficient (Wildman–Crippen LogP) is 3.36. The van der Waals surface area contributed by atoms with Gasteiger partial charge in [-0.2, -0.15) is 0 Å². The minimum atomic E-state index is 0.317. The number of hydrogen-bond acceptors (Lipinski definition) is 3. The number of fused-ring (bicyclic) bond motifs is 1. The molecule has 5 nitrogen and oxygen atoms in total. The zero-order valence-electron chi connectivity index (χ0n) is 16.1. The van der Waals surface area contributed by atoms with E-state index in [0.717, 1.165) is 51.1 Å². The summed E-state index contributed by atoms with van der Waals surface area (Å²) in [5.74, 6) is 2.30. The maximum Gasteiger partial charge on any atom is 0.223 e. The van der Waals surface area contributed by atoms with Crippen molar-refractivity contribution < 1.29 is 9.53 Å². The van der Waals surface area contributed by atoms with E-state index in [9.17, 15) is 4.79 Å². The van der Waals surface area contributed by atoms with Crippen LogP contribution in [0.1, 0.15) is 54.5 Å². The Hall–Kier alpha value is -2.14. The zero-order chi connectivity index (χ0) is 18.6. The van der Waals surface area contributed by atoms with Crippen molar-refractivity contribution in [1.29, 1.82) is 0 Å². The smallest absolute Gasteiger partial charge is 0.223 e. The summed E-state index contributed by atoms with van der Waals surface area (Å²) in [6.07, 6.45) is 8.78. The van der Waals surface area contributed by atoms with Crippen LogP contribution >= 0.6 is 0 Å². The van der Waals surface area contributed by atoms with Crippen molar-refractivity contribution in [2.24, 2.45) is 0 Å². The maximum atomic E-state index is 12.9. The molecule has 1 aromatic heterocycles. The van der Waals surface area contributed by atoms with Crippen molar-refractivity contribution in [1.82, 2.24) is 14.5 Å². The lowest BCUT2D eigenvalue weighted by molar-refractivity contribution is -0.132. The number of benzene rings is 1. The number of carbonyl (C=O) groups excluding carboxylic acids is 1. The number of nitrogens with zero attached hydrogens (tertiary/aromatic N) is 3. The largest absolute Gasteiger partial charge is 0.383 e. The second kappa shape index (κ2) is 8.26. The predicted molar refractivity (Wildman–Crippen MR) is 105 cm³/mol. The van der Waals surface area contributed by atoms with Gasteiger partial charge in [-0.15, -0.1) is 0 Å². The van der Waals surface area contributed by atoms with E-state index in [1.807, 2.05) is 12.4 Å². The Kier molecular flexibility index (Phi) is 5.58. The Morgan fingerprint density at radius 3 is 2.85 bits per heavy atom. The van der Waals surface area contributed by atoms with Crippen molar-refractivity contribution >= 4 is 5.91 Å². The van der Waals surface area contributed by atoms with Crippen LogP contribution in [-0.4, -0.2) is 47.2 Å². The molecule has 0 bridgehead atoms. The van der Waals surface area contributed by atoms with Crippen LogP contribution < -0.4 is 0 Å². The normalized spacial score (nSPS) is 20.0. The first kappa shape index (κ1) is 18.2. The standard InChI is InChI=1S/C22H29N3O2/c1-27-15-14-25-13-10-23-22(25)18-8-11-24(12-9-18)21(26)16-19-7-6-17-4-2-3-5-20(17)19/h2-5,10,13,18-19H,6-9,11-12,14-16H2,1H3. The van der Waals surface area contributed by atoms with Gasteiger partial charge in [0.15, 0.2) is 0 Å². The van der Waals surface area contributed by atoms with Gasteiger partial charge in [0.05, 0.1) is 6.61 Å². The van der Waals surface area contributed by atoms with E-state index in [2.05, 4.69) is 38.7 Å². The van der Waals surface area contributed by atoms with Crippen molar-refractivity contribution in [2.75, 3.05) is 26.8 Å². The van der Waals surface area contributed by atoms with E-state index >= 15 is 0 Å². The first-order valence-electron chi connectivity index (χ1n) is 10.1. The number of amides is 1. The number of ether oxygens (including phenoxy) is 1. The molecule has 1 fully saturated rings. The Labute approximate surface area is 161 Å². The van der Waals surface area contributed by atoms with Crippen LogP contribution in [0.15, 0.2) is 36.7 Å². The van der Waals surface area contributed by atoms with Gasteiger partial charge in [0.1, 0.15) is 5.82 Å². The minimum Gasteiger partial charge on any atom is -0.383 e. The maximum absolute atomic E-state index is 12.9. The van der Waals surface area contributed by atoms with Crippen LogP contribution in [0.25, 0.3) is 0 Å². The SMILES string of the molecule is COCCn1ccnc1C1CCN(C(=O)CC2CCc3ccccc32)CC1. The Balaban J connectivity index is 1.32. The third-order valence-corrected chi connectivity index (χ3v) is 6.17. The molecule has 1 aliphatic carbocycles. The van der Waals surface area contributed by atoms with Gasteiger partial charge in [0.25, 0.3) is 0 Å². The number of likely N-dealkylation sites (tertiary alicyclic amines) is 1. The minimum absolute atomic E-state index is 0.317. The molecule has 0 spiro atoms. The first-order chi connectivity index (χ1) is 13.3. The van der Waals surface area contributed by atoms with Crippen LogP contribution in [0.5, 0.6) is 0 Å². The average Bonchev–Trinajstić information content (AvgIpc) is 3.34. The Morgan fingerprint density at radius 1 is 1.22 bits per heavy atom. The molecule has 27 heavy (non-hydrogen) atoms. The molecule has 2 aliphatic rings. The van der Waals surface area contributed by atoms with Crippen molar-refractivity contribution in [3.8, 4) is 0 Å². The first-order valence-corrected chi connectivity index (χ1v) is 10.1. The Bertz CT molecular complexity index is 777. The fourth-order valence-corrected chi connectivity index (χ4v) is 4.64. The number of methoxy groups -OCH3 is 1. The van der Waals surface area contributed by atoms with Crippen LogP contribution in [0.2, 0.25) is 0 Å². The molecule has 0 saturated carbocycles. The fourth-order valence-electron chi connectivity index (χ4n) is 4.64. The summed E-state index contributed by atoms with van der Waals surface area (Å²) in [4.78, 5) is 19.5. The molecule has 1 unspecified atom stereocenters. The van der Waals surface area contributed by atoms with Crippen molar-refractivity contribution in [3.05, 3.63) is 53.6 Å². The lowest BCUT2D eigenvalue weighted by Gasteiger charge is -2.32. The second-order valence-corrected chi connectivity index (χ2v) is 7.77. The molecule has 1 aliphatic heterocycles. The highest BCUT2D eigenvalue weighted by atomic mass is 16.5. The van der Waals surface area contributed by atoms with Gasteiger partial charge < -0.3 is 14.2 Å². The summed E-state index contributed by atoms with van der Waals surface area (Å²) < 4.78 is 7.39. The lowest BCUT2D eigenvalue weighted by atomic mass is 9.93. The van der Waals surface area contributed by atoms with Crippen molar-refractivity contribution in [2.45, 2.75) is 50.5 Å². The highest BCUT2D eigenvalue weighted by Gasteiger charge is 2.30. The third-order valence-electron chi connectivity index (χ3n) is 6.17. The lowest BCUT2D eigenvalue weighted by Crippen LogP contribution is -2.38. The van der Waals surface area contributed by atoms with E-state index in [4.69, 9.17) is 4.74 Å². The molecular weight excluding hydrogens is 338 g/mol. The summed E-state index contributed by atoms with van der Waals surface area (Å²) in [5, 5.41) is 0. The molecule has 144 valence electrons. The van der Waals surface area contributed by atoms with Crippen LogP contribution in [0.4, 0.5) is 0 Å². The summed E-state index contributed by atoms with van der Waals surface area (Å²) in [6, 6.07) is 8.60. The number of imidazole rings is 1. The van der Waals surface area contributed by atoms with Crippen molar-refractivity contribution in [3.63, 3.8) is 0 Å². The average molecular weight is 367 g/mol. The van der Waals surface area contributed by atoms with E-state index in [-0.39, 0.29) is 0 Å². The molecule has 1 amide bonds. The van der Waals surface area contributed by atoms with Gasteiger partial charge in [-0.25, -0.2) is 4.98 Å². The van der Waals surface area contributed by atoms with Crippen LogP contribution in [0, 0.1) is 0 Å². The molecule has 1 saturated heterocycles. The number of aromatic nitrogens is 2. The number of hydrogen-bond donors (Lipinski definition) is 0. The summed E-state index contributed by atoms with van der Waals surface area (Å²) in [6.45, 7) is 3.22. The quantitative estimate of drug-likeness (QED) is 0.787.